The predicted octanol–water partition coefficient (Wildman–Crippen LogP) is 2.90. The van der Waals surface area contributed by atoms with Gasteiger partial charge in [-0.25, -0.2) is 0 Å². The molecule has 0 bridgehead atoms. The monoisotopic (exact) mass is 276 g/mol. The topological polar surface area (TPSA) is 32.3 Å². The van der Waals surface area contributed by atoms with Crippen LogP contribution in [-0.2, 0) is 4.79 Å². The molecule has 3 unspecified atom stereocenters. The van der Waals surface area contributed by atoms with E-state index in [4.69, 9.17) is 0 Å². The normalized spacial score (nSPS) is 40.1. The molecule has 4 aliphatic rings. The lowest BCUT2D eigenvalue weighted by molar-refractivity contribution is -0.132. The Morgan fingerprint density at radius 2 is 1.90 bits per heavy atom. The Hall–Kier alpha value is -0.570. The van der Waals surface area contributed by atoms with Crippen molar-refractivity contribution in [1.29, 1.82) is 0 Å². The van der Waals surface area contributed by atoms with Gasteiger partial charge in [0.1, 0.15) is 0 Å². The maximum absolute atomic E-state index is 12.8. The van der Waals surface area contributed by atoms with Gasteiger partial charge in [-0.2, -0.15) is 0 Å². The van der Waals surface area contributed by atoms with Crippen LogP contribution in [0.2, 0.25) is 0 Å². The number of hydrogen-bond acceptors (Lipinski definition) is 2. The lowest BCUT2D eigenvalue weighted by Gasteiger charge is -2.32. The number of nitrogens with zero attached hydrogens (tertiary/aromatic N) is 1. The first-order valence-electron chi connectivity index (χ1n) is 8.78. The molecule has 3 nitrogen and oxygen atoms in total. The fraction of sp³-hybridized carbons (Fsp3) is 0.941. The quantitative estimate of drug-likeness (QED) is 0.859. The van der Waals surface area contributed by atoms with Crippen molar-refractivity contribution in [2.24, 2.45) is 17.8 Å². The number of rotatable bonds is 3. The van der Waals surface area contributed by atoms with Crippen molar-refractivity contribution in [2.75, 3.05) is 6.54 Å². The Kier molecular flexibility index (Phi) is 3.10. The summed E-state index contributed by atoms with van der Waals surface area (Å²) in [7, 11) is 0. The zero-order chi connectivity index (χ0) is 13.7. The minimum atomic E-state index is -0.116. The summed E-state index contributed by atoms with van der Waals surface area (Å²) in [6, 6.07) is 0. The molecular weight excluding hydrogens is 248 g/mol. The zero-order valence-corrected chi connectivity index (χ0v) is 12.7. The molecule has 112 valence electrons. The Morgan fingerprint density at radius 3 is 2.50 bits per heavy atom. The standard InChI is InChI=1S/C17H28N2O/c1-12-5-4-8-14(12)11-19-15(13-6-2-3-7-13)18-17(9-10-17)16(19)20/h12-15,18H,2-11H2,1H3. The van der Waals surface area contributed by atoms with E-state index in [1.807, 2.05) is 0 Å². The second-order valence-electron chi connectivity index (χ2n) is 7.84. The van der Waals surface area contributed by atoms with E-state index in [1.54, 1.807) is 0 Å². The second-order valence-corrected chi connectivity index (χ2v) is 7.84. The highest BCUT2D eigenvalue weighted by molar-refractivity contribution is 5.91. The molecule has 0 aromatic carbocycles. The molecule has 4 rings (SSSR count). The largest absolute Gasteiger partial charge is 0.325 e. The molecule has 1 heterocycles. The highest BCUT2D eigenvalue weighted by atomic mass is 16.2. The van der Waals surface area contributed by atoms with Gasteiger partial charge in [-0.3, -0.25) is 10.1 Å². The Labute approximate surface area is 122 Å². The fourth-order valence-electron chi connectivity index (χ4n) is 4.90. The average molecular weight is 276 g/mol. The molecule has 3 atom stereocenters. The van der Waals surface area contributed by atoms with Crippen LogP contribution >= 0.6 is 0 Å². The van der Waals surface area contributed by atoms with Gasteiger partial charge in [0.2, 0.25) is 5.91 Å². The van der Waals surface area contributed by atoms with Gasteiger partial charge in [0.15, 0.2) is 0 Å². The summed E-state index contributed by atoms with van der Waals surface area (Å²) in [6.45, 7) is 3.40. The highest BCUT2D eigenvalue weighted by Crippen LogP contribution is 2.46. The number of carbonyl (C=O) groups is 1. The van der Waals surface area contributed by atoms with Gasteiger partial charge in [0.05, 0.1) is 11.7 Å². The number of hydrogen-bond donors (Lipinski definition) is 1. The Balaban J connectivity index is 1.52. The summed E-state index contributed by atoms with van der Waals surface area (Å²) < 4.78 is 0. The lowest BCUT2D eigenvalue weighted by Crippen LogP contribution is -2.45. The zero-order valence-electron chi connectivity index (χ0n) is 12.7. The molecule has 3 aliphatic carbocycles. The molecule has 1 spiro atoms. The maximum atomic E-state index is 12.8. The molecule has 0 aromatic rings. The van der Waals surface area contributed by atoms with Crippen molar-refractivity contribution < 1.29 is 4.79 Å². The van der Waals surface area contributed by atoms with Crippen molar-refractivity contribution >= 4 is 5.91 Å². The summed E-state index contributed by atoms with van der Waals surface area (Å²) in [5, 5.41) is 3.75. The third-order valence-corrected chi connectivity index (χ3v) is 6.50. The van der Waals surface area contributed by atoms with E-state index in [1.165, 1.54) is 44.9 Å². The van der Waals surface area contributed by atoms with Crippen LogP contribution < -0.4 is 5.32 Å². The van der Waals surface area contributed by atoms with Crippen LogP contribution in [0.3, 0.4) is 0 Å². The first-order valence-corrected chi connectivity index (χ1v) is 8.78. The van der Waals surface area contributed by atoms with E-state index in [0.29, 0.717) is 12.1 Å². The Bertz CT molecular complexity index is 398. The van der Waals surface area contributed by atoms with Crippen molar-refractivity contribution in [3.8, 4) is 0 Å². The number of amides is 1. The average Bonchev–Trinajstić information content (AvgIpc) is 2.79. The van der Waals surface area contributed by atoms with Crippen LogP contribution in [0.25, 0.3) is 0 Å². The maximum Gasteiger partial charge on any atom is 0.244 e. The van der Waals surface area contributed by atoms with E-state index in [9.17, 15) is 4.79 Å². The van der Waals surface area contributed by atoms with Crippen LogP contribution in [0.4, 0.5) is 0 Å². The summed E-state index contributed by atoms with van der Waals surface area (Å²) in [6.07, 6.45) is 11.9. The van der Waals surface area contributed by atoms with E-state index < -0.39 is 0 Å². The first-order chi connectivity index (χ1) is 9.70. The minimum Gasteiger partial charge on any atom is -0.325 e. The Morgan fingerprint density at radius 1 is 1.15 bits per heavy atom. The van der Waals surface area contributed by atoms with Gasteiger partial charge < -0.3 is 4.90 Å². The van der Waals surface area contributed by atoms with Crippen molar-refractivity contribution in [3.63, 3.8) is 0 Å². The van der Waals surface area contributed by atoms with Gasteiger partial charge in [0, 0.05) is 6.54 Å². The molecule has 0 radical (unpaired) electrons. The van der Waals surface area contributed by atoms with Crippen LogP contribution in [0.15, 0.2) is 0 Å². The van der Waals surface area contributed by atoms with Crippen LogP contribution in [0.5, 0.6) is 0 Å². The molecule has 3 heteroatoms. The third kappa shape index (κ3) is 2.01. The van der Waals surface area contributed by atoms with Crippen LogP contribution in [0, 0.1) is 17.8 Å². The molecule has 20 heavy (non-hydrogen) atoms. The fourth-order valence-corrected chi connectivity index (χ4v) is 4.90. The SMILES string of the molecule is CC1CCCC1CN1C(=O)C2(CC2)NC1C1CCCC1. The van der Waals surface area contributed by atoms with Crippen molar-refractivity contribution in [3.05, 3.63) is 0 Å². The molecule has 1 aliphatic heterocycles. The molecule has 1 N–H and O–H groups in total. The third-order valence-electron chi connectivity index (χ3n) is 6.50. The van der Waals surface area contributed by atoms with Gasteiger partial charge >= 0.3 is 0 Å². The smallest absolute Gasteiger partial charge is 0.244 e. The summed E-state index contributed by atoms with van der Waals surface area (Å²) in [5.41, 5.74) is -0.116. The minimum absolute atomic E-state index is 0.116. The second kappa shape index (κ2) is 4.72. The summed E-state index contributed by atoms with van der Waals surface area (Å²) in [4.78, 5) is 15.1. The predicted molar refractivity (Wildman–Crippen MR) is 79.1 cm³/mol. The van der Waals surface area contributed by atoms with E-state index >= 15 is 0 Å². The number of nitrogens with one attached hydrogen (secondary N) is 1. The van der Waals surface area contributed by atoms with Crippen LogP contribution in [0.1, 0.15) is 64.7 Å². The molecular formula is C17H28N2O. The van der Waals surface area contributed by atoms with Gasteiger partial charge in [-0.15, -0.1) is 0 Å². The summed E-state index contributed by atoms with van der Waals surface area (Å²) >= 11 is 0. The van der Waals surface area contributed by atoms with Gasteiger partial charge in [-0.05, 0) is 49.9 Å². The van der Waals surface area contributed by atoms with Crippen molar-refractivity contribution in [2.45, 2.75) is 76.4 Å². The molecule has 1 saturated heterocycles. The molecule has 4 fully saturated rings. The molecule has 0 aromatic heterocycles. The number of carbonyl (C=O) groups excluding carboxylic acids is 1. The van der Waals surface area contributed by atoms with E-state index in [-0.39, 0.29) is 5.54 Å². The summed E-state index contributed by atoms with van der Waals surface area (Å²) in [5.74, 6) is 2.71. The van der Waals surface area contributed by atoms with E-state index in [2.05, 4.69) is 17.1 Å². The van der Waals surface area contributed by atoms with Gasteiger partial charge in [0.25, 0.3) is 0 Å². The van der Waals surface area contributed by atoms with E-state index in [0.717, 1.165) is 37.1 Å². The first kappa shape index (κ1) is 13.1. The van der Waals surface area contributed by atoms with Gasteiger partial charge in [-0.1, -0.05) is 32.6 Å². The van der Waals surface area contributed by atoms with Crippen LogP contribution in [-0.4, -0.2) is 29.1 Å². The van der Waals surface area contributed by atoms with Crippen molar-refractivity contribution in [1.82, 2.24) is 10.2 Å². The lowest BCUT2D eigenvalue weighted by atomic mass is 9.96. The molecule has 3 saturated carbocycles. The molecule has 1 amide bonds. The highest BCUT2D eigenvalue weighted by Gasteiger charge is 2.60.